The molecule has 1 amide bonds. The van der Waals surface area contributed by atoms with Crippen LogP contribution in [0.1, 0.15) is 23.2 Å². The van der Waals surface area contributed by atoms with Gasteiger partial charge in [-0.1, -0.05) is 47.6 Å². The summed E-state index contributed by atoms with van der Waals surface area (Å²) < 4.78 is 5.27. The smallest absolute Gasteiger partial charge is 0.231 e. The zero-order chi connectivity index (χ0) is 18.1. The average Bonchev–Trinajstić information content (AvgIpc) is 3.28. The summed E-state index contributed by atoms with van der Waals surface area (Å²) in [6, 6.07) is 14.1. The predicted molar refractivity (Wildman–Crippen MR) is 96.6 cm³/mol. The van der Waals surface area contributed by atoms with Gasteiger partial charge in [0, 0.05) is 25.6 Å². The fourth-order valence-corrected chi connectivity index (χ4v) is 3.72. The number of carbonyl (C=O) groups excluding carboxylic acids is 1. The summed E-state index contributed by atoms with van der Waals surface area (Å²) >= 11 is 0. The first-order valence-electron chi connectivity index (χ1n) is 8.81. The van der Waals surface area contributed by atoms with Crippen LogP contribution >= 0.6 is 0 Å². The predicted octanol–water partition coefficient (Wildman–Crippen LogP) is 2.31. The number of nitrogens with zero attached hydrogens (tertiary/aromatic N) is 3. The molecule has 26 heavy (non-hydrogen) atoms. The standard InChI is InChI=1S/C20H21N3O3/c1-13-21-20(26-22-13)18-11-23(10-16(18)12-24)19(25)9-15-7-4-6-14-5-2-3-8-17(14)15/h2-8,16,18,24H,9-12H2,1H3. The Morgan fingerprint density at radius 2 is 2.04 bits per heavy atom. The van der Waals surface area contributed by atoms with Crippen LogP contribution in [0.15, 0.2) is 47.0 Å². The molecular formula is C20H21N3O3. The monoisotopic (exact) mass is 351 g/mol. The number of aliphatic hydroxyl groups excluding tert-OH is 1. The summed E-state index contributed by atoms with van der Waals surface area (Å²) in [5, 5.41) is 15.8. The van der Waals surface area contributed by atoms with Crippen molar-refractivity contribution >= 4 is 16.7 Å². The first kappa shape index (κ1) is 16.7. The second kappa shape index (κ2) is 6.88. The van der Waals surface area contributed by atoms with Crippen LogP contribution in [0.5, 0.6) is 0 Å². The molecule has 1 aliphatic heterocycles. The zero-order valence-electron chi connectivity index (χ0n) is 14.6. The lowest BCUT2D eigenvalue weighted by Crippen LogP contribution is -2.30. The van der Waals surface area contributed by atoms with Crippen LogP contribution < -0.4 is 0 Å². The molecule has 1 saturated heterocycles. The fraction of sp³-hybridized carbons (Fsp3) is 0.350. The summed E-state index contributed by atoms with van der Waals surface area (Å²) in [5.41, 5.74) is 1.02. The highest BCUT2D eigenvalue weighted by atomic mass is 16.5. The summed E-state index contributed by atoms with van der Waals surface area (Å²) in [7, 11) is 0. The van der Waals surface area contributed by atoms with Gasteiger partial charge in [-0.3, -0.25) is 4.79 Å². The molecule has 6 nitrogen and oxygen atoms in total. The van der Waals surface area contributed by atoms with E-state index in [2.05, 4.69) is 22.3 Å². The highest BCUT2D eigenvalue weighted by Crippen LogP contribution is 2.32. The van der Waals surface area contributed by atoms with Crippen LogP contribution in [0.3, 0.4) is 0 Å². The number of amides is 1. The molecule has 134 valence electrons. The van der Waals surface area contributed by atoms with E-state index in [1.807, 2.05) is 30.3 Å². The first-order valence-corrected chi connectivity index (χ1v) is 8.81. The molecule has 0 aliphatic carbocycles. The Balaban J connectivity index is 1.53. The van der Waals surface area contributed by atoms with Crippen molar-refractivity contribution in [3.8, 4) is 0 Å². The van der Waals surface area contributed by atoms with E-state index in [0.29, 0.717) is 31.2 Å². The van der Waals surface area contributed by atoms with Crippen molar-refractivity contribution in [3.63, 3.8) is 0 Å². The Kier molecular flexibility index (Phi) is 4.42. The van der Waals surface area contributed by atoms with Gasteiger partial charge in [-0.2, -0.15) is 4.98 Å². The van der Waals surface area contributed by atoms with E-state index in [-0.39, 0.29) is 24.3 Å². The molecule has 2 heterocycles. The van der Waals surface area contributed by atoms with E-state index in [9.17, 15) is 9.90 Å². The van der Waals surface area contributed by atoms with E-state index < -0.39 is 0 Å². The Morgan fingerprint density at radius 3 is 2.81 bits per heavy atom. The molecule has 1 aromatic heterocycles. The van der Waals surface area contributed by atoms with Crippen LogP contribution in [0, 0.1) is 12.8 Å². The molecule has 0 radical (unpaired) electrons. The third-order valence-electron chi connectivity index (χ3n) is 5.11. The molecule has 6 heteroatoms. The van der Waals surface area contributed by atoms with Gasteiger partial charge in [0.1, 0.15) is 0 Å². The second-order valence-electron chi connectivity index (χ2n) is 6.84. The van der Waals surface area contributed by atoms with E-state index in [0.717, 1.165) is 16.3 Å². The van der Waals surface area contributed by atoms with E-state index in [1.54, 1.807) is 11.8 Å². The highest BCUT2D eigenvalue weighted by Gasteiger charge is 2.38. The highest BCUT2D eigenvalue weighted by molar-refractivity contribution is 5.90. The van der Waals surface area contributed by atoms with Crippen LogP contribution in [-0.2, 0) is 11.2 Å². The summed E-state index contributed by atoms with van der Waals surface area (Å²) in [6.45, 7) is 2.76. The number of hydrogen-bond acceptors (Lipinski definition) is 5. The van der Waals surface area contributed by atoms with Crippen molar-refractivity contribution in [2.45, 2.75) is 19.3 Å². The molecule has 3 aromatic rings. The third-order valence-corrected chi connectivity index (χ3v) is 5.11. The quantitative estimate of drug-likeness (QED) is 0.780. The number of carbonyl (C=O) groups is 1. The molecule has 2 aromatic carbocycles. The third kappa shape index (κ3) is 3.08. The summed E-state index contributed by atoms with van der Waals surface area (Å²) in [5.74, 6) is 0.932. The molecule has 1 fully saturated rings. The molecule has 4 rings (SSSR count). The van der Waals surface area contributed by atoms with Gasteiger partial charge >= 0.3 is 0 Å². The van der Waals surface area contributed by atoms with Gasteiger partial charge < -0.3 is 14.5 Å². The first-order chi connectivity index (χ1) is 12.7. The molecule has 1 aliphatic rings. The zero-order valence-corrected chi connectivity index (χ0v) is 14.6. The van der Waals surface area contributed by atoms with Crippen molar-refractivity contribution in [2.24, 2.45) is 5.92 Å². The normalized spacial score (nSPS) is 20.0. The molecule has 2 atom stereocenters. The number of benzene rings is 2. The number of aliphatic hydroxyl groups is 1. The molecule has 0 spiro atoms. The summed E-state index contributed by atoms with van der Waals surface area (Å²) in [6.07, 6.45) is 0.342. The minimum atomic E-state index is -0.113. The molecule has 2 unspecified atom stereocenters. The maximum Gasteiger partial charge on any atom is 0.231 e. The van der Waals surface area contributed by atoms with Gasteiger partial charge in [0.05, 0.1) is 12.3 Å². The largest absolute Gasteiger partial charge is 0.396 e. The van der Waals surface area contributed by atoms with E-state index >= 15 is 0 Å². The van der Waals surface area contributed by atoms with Gasteiger partial charge in [-0.05, 0) is 23.3 Å². The average molecular weight is 351 g/mol. The number of aromatic nitrogens is 2. The molecule has 0 saturated carbocycles. The maximum absolute atomic E-state index is 12.9. The van der Waals surface area contributed by atoms with E-state index in [4.69, 9.17) is 4.52 Å². The molecule has 0 bridgehead atoms. The molecule has 1 N–H and O–H groups in total. The Bertz CT molecular complexity index is 931. The van der Waals surface area contributed by atoms with Crippen LogP contribution in [0.4, 0.5) is 0 Å². The lowest BCUT2D eigenvalue weighted by molar-refractivity contribution is -0.129. The van der Waals surface area contributed by atoms with E-state index in [1.165, 1.54) is 0 Å². The Labute approximate surface area is 151 Å². The number of likely N-dealkylation sites (tertiary alicyclic amines) is 1. The topological polar surface area (TPSA) is 79.5 Å². The maximum atomic E-state index is 12.9. The van der Waals surface area contributed by atoms with Gasteiger partial charge in [-0.25, -0.2) is 0 Å². The second-order valence-corrected chi connectivity index (χ2v) is 6.84. The van der Waals surface area contributed by atoms with Crippen molar-refractivity contribution in [3.05, 3.63) is 59.7 Å². The van der Waals surface area contributed by atoms with Crippen molar-refractivity contribution in [2.75, 3.05) is 19.7 Å². The number of hydrogen-bond donors (Lipinski definition) is 1. The van der Waals surface area contributed by atoms with Crippen molar-refractivity contribution < 1.29 is 14.4 Å². The Hall–Kier alpha value is -2.73. The number of rotatable bonds is 4. The van der Waals surface area contributed by atoms with Gasteiger partial charge in [0.15, 0.2) is 5.82 Å². The van der Waals surface area contributed by atoms with Crippen LogP contribution in [0.2, 0.25) is 0 Å². The van der Waals surface area contributed by atoms with Gasteiger partial charge in [0.2, 0.25) is 11.8 Å². The number of fused-ring (bicyclic) bond motifs is 1. The minimum absolute atomic E-state index is 0.00978. The van der Waals surface area contributed by atoms with Crippen LogP contribution in [-0.4, -0.2) is 45.8 Å². The van der Waals surface area contributed by atoms with Crippen LogP contribution in [0.25, 0.3) is 10.8 Å². The summed E-state index contributed by atoms with van der Waals surface area (Å²) in [4.78, 5) is 19.0. The molecular weight excluding hydrogens is 330 g/mol. The van der Waals surface area contributed by atoms with Crippen molar-refractivity contribution in [1.29, 1.82) is 0 Å². The fourth-order valence-electron chi connectivity index (χ4n) is 3.72. The Morgan fingerprint density at radius 1 is 1.23 bits per heavy atom. The lowest BCUT2D eigenvalue weighted by Gasteiger charge is -2.17. The van der Waals surface area contributed by atoms with Gasteiger partial charge in [-0.15, -0.1) is 0 Å². The van der Waals surface area contributed by atoms with Crippen molar-refractivity contribution in [1.82, 2.24) is 15.0 Å². The lowest BCUT2D eigenvalue weighted by atomic mass is 9.97. The SMILES string of the molecule is Cc1noc(C2CN(C(=O)Cc3cccc4ccccc34)CC2CO)n1. The minimum Gasteiger partial charge on any atom is -0.396 e. The number of aryl methyl sites for hydroxylation is 1. The van der Waals surface area contributed by atoms with Gasteiger partial charge in [0.25, 0.3) is 0 Å².